The molecule has 0 bridgehead atoms. The number of para-hydroxylation sites is 1. The Bertz CT molecular complexity index is 1110. The molecule has 0 spiro atoms. The third-order valence-corrected chi connectivity index (χ3v) is 7.01. The highest BCUT2D eigenvalue weighted by Crippen LogP contribution is 2.39. The maximum atomic E-state index is 13.5. The Kier molecular flexibility index (Phi) is 5.17. The first-order chi connectivity index (χ1) is 15.6. The van der Waals surface area contributed by atoms with Crippen LogP contribution < -0.4 is 9.80 Å². The molecule has 0 N–H and O–H groups in total. The molecule has 0 aromatic heterocycles. The molecule has 0 radical (unpaired) electrons. The van der Waals surface area contributed by atoms with E-state index >= 15 is 0 Å². The van der Waals surface area contributed by atoms with Crippen LogP contribution in [-0.2, 0) is 11.2 Å². The Hall–Kier alpha value is -3.60. The number of nitrogens with zero attached hydrogens (tertiary/aromatic N) is 5. The summed E-state index contributed by atoms with van der Waals surface area (Å²) >= 11 is 0. The quantitative estimate of drug-likeness (QED) is 0.548. The maximum absolute atomic E-state index is 13.5. The molecule has 3 aliphatic rings. The van der Waals surface area contributed by atoms with Gasteiger partial charge in [0.05, 0.1) is 28.1 Å². The number of amides is 1. The van der Waals surface area contributed by atoms with Gasteiger partial charge >= 0.3 is 0 Å². The van der Waals surface area contributed by atoms with E-state index in [4.69, 9.17) is 0 Å². The number of carbonyl (C=O) groups excluding carboxylic acids is 1. The average molecular weight is 431 g/mol. The predicted octanol–water partition coefficient (Wildman–Crippen LogP) is 2.96. The molecular formula is C24H25N5O3. The Balaban J connectivity index is 1.51. The SMILES string of the molecule is N#Cc1ccccc1N1CCN2c3ccc([N+](=O)[O-])cc3C[C@H](C(=O)N3CCCC3)[C@H]2C1. The van der Waals surface area contributed by atoms with Crippen molar-refractivity contribution in [2.75, 3.05) is 42.5 Å². The van der Waals surface area contributed by atoms with Crippen LogP contribution in [0.2, 0.25) is 0 Å². The van der Waals surface area contributed by atoms with E-state index in [0.717, 1.165) is 49.4 Å². The van der Waals surface area contributed by atoms with Gasteiger partial charge in [0.2, 0.25) is 5.91 Å². The molecule has 8 nitrogen and oxygen atoms in total. The molecule has 8 heteroatoms. The van der Waals surface area contributed by atoms with E-state index in [9.17, 15) is 20.2 Å². The summed E-state index contributed by atoms with van der Waals surface area (Å²) in [5, 5.41) is 20.9. The fraction of sp³-hybridized carbons (Fsp3) is 0.417. The molecule has 3 heterocycles. The summed E-state index contributed by atoms with van der Waals surface area (Å²) in [4.78, 5) is 30.9. The van der Waals surface area contributed by atoms with Crippen molar-refractivity contribution in [2.24, 2.45) is 5.92 Å². The van der Waals surface area contributed by atoms with Crippen LogP contribution in [-0.4, -0.2) is 54.5 Å². The zero-order chi connectivity index (χ0) is 22.2. The van der Waals surface area contributed by atoms with Crippen LogP contribution in [0.15, 0.2) is 42.5 Å². The van der Waals surface area contributed by atoms with Crippen molar-refractivity contribution in [1.82, 2.24) is 4.90 Å². The number of anilines is 2. The van der Waals surface area contributed by atoms with E-state index in [2.05, 4.69) is 15.9 Å². The van der Waals surface area contributed by atoms with Crippen molar-refractivity contribution in [3.8, 4) is 6.07 Å². The van der Waals surface area contributed by atoms with E-state index in [0.29, 0.717) is 25.1 Å². The summed E-state index contributed by atoms with van der Waals surface area (Å²) in [7, 11) is 0. The first kappa shape index (κ1) is 20.3. The van der Waals surface area contributed by atoms with Crippen molar-refractivity contribution in [3.05, 3.63) is 63.7 Å². The molecule has 164 valence electrons. The minimum absolute atomic E-state index is 0.0439. The van der Waals surface area contributed by atoms with E-state index < -0.39 is 0 Å². The van der Waals surface area contributed by atoms with Gasteiger partial charge in [0, 0.05) is 50.5 Å². The number of rotatable bonds is 3. The molecule has 0 unspecified atom stereocenters. The highest BCUT2D eigenvalue weighted by molar-refractivity contribution is 5.83. The molecule has 2 aromatic carbocycles. The second-order valence-electron chi connectivity index (χ2n) is 8.75. The van der Waals surface area contributed by atoms with E-state index in [-0.39, 0.29) is 28.5 Å². The average Bonchev–Trinajstić information content (AvgIpc) is 3.37. The van der Waals surface area contributed by atoms with Gasteiger partial charge in [0.25, 0.3) is 5.69 Å². The van der Waals surface area contributed by atoms with E-state index in [1.54, 1.807) is 12.1 Å². The lowest BCUT2D eigenvalue weighted by atomic mass is 9.82. The smallest absolute Gasteiger partial charge is 0.269 e. The molecule has 1 amide bonds. The van der Waals surface area contributed by atoms with E-state index in [1.807, 2.05) is 35.2 Å². The molecule has 2 aromatic rings. The van der Waals surface area contributed by atoms with Gasteiger partial charge in [0.1, 0.15) is 6.07 Å². The minimum atomic E-state index is -0.375. The Morgan fingerprint density at radius 2 is 1.84 bits per heavy atom. The summed E-state index contributed by atoms with van der Waals surface area (Å²) in [6, 6.07) is 14.8. The molecule has 2 saturated heterocycles. The lowest BCUT2D eigenvalue weighted by Gasteiger charge is -2.50. The number of carbonyl (C=O) groups is 1. The van der Waals surface area contributed by atoms with Crippen molar-refractivity contribution < 1.29 is 9.72 Å². The van der Waals surface area contributed by atoms with Gasteiger partial charge in [-0.2, -0.15) is 5.26 Å². The van der Waals surface area contributed by atoms with Crippen LogP contribution in [0.4, 0.5) is 17.1 Å². The summed E-state index contributed by atoms with van der Waals surface area (Å²) in [6.07, 6.45) is 2.55. The highest BCUT2D eigenvalue weighted by atomic mass is 16.6. The maximum Gasteiger partial charge on any atom is 0.269 e. The molecule has 2 fully saturated rings. The predicted molar refractivity (Wildman–Crippen MR) is 121 cm³/mol. The van der Waals surface area contributed by atoms with Crippen molar-refractivity contribution in [1.29, 1.82) is 5.26 Å². The molecule has 5 rings (SSSR count). The summed E-state index contributed by atoms with van der Waals surface area (Å²) < 4.78 is 0. The van der Waals surface area contributed by atoms with Crippen LogP contribution in [0.3, 0.4) is 0 Å². The lowest BCUT2D eigenvalue weighted by molar-refractivity contribution is -0.384. The molecule has 32 heavy (non-hydrogen) atoms. The largest absolute Gasteiger partial charge is 0.367 e. The fourth-order valence-electron chi connectivity index (χ4n) is 5.44. The number of nitro benzene ring substituents is 1. The number of hydrogen-bond acceptors (Lipinski definition) is 6. The van der Waals surface area contributed by atoms with Gasteiger partial charge in [-0.15, -0.1) is 0 Å². The Morgan fingerprint density at radius 3 is 2.59 bits per heavy atom. The highest BCUT2D eigenvalue weighted by Gasteiger charge is 2.43. The zero-order valence-corrected chi connectivity index (χ0v) is 17.8. The number of piperazine rings is 1. The number of likely N-dealkylation sites (tertiary alicyclic amines) is 1. The number of non-ortho nitro benzene ring substituents is 1. The number of nitro groups is 1. The standard InChI is InChI=1S/C24H25N5O3/c25-15-17-5-1-2-6-21(17)27-11-12-28-22-8-7-19(29(31)32)13-18(22)14-20(23(28)16-27)24(30)26-9-3-4-10-26/h1-2,5-8,13,20,23H,3-4,9-12,14,16H2/t20-,23+/m0/s1. The fourth-order valence-corrected chi connectivity index (χ4v) is 5.44. The molecule has 0 aliphatic carbocycles. The third kappa shape index (κ3) is 3.44. The minimum Gasteiger partial charge on any atom is -0.367 e. The van der Waals surface area contributed by atoms with Gasteiger partial charge < -0.3 is 14.7 Å². The third-order valence-electron chi connectivity index (χ3n) is 7.01. The molecule has 2 atom stereocenters. The van der Waals surface area contributed by atoms with Crippen molar-refractivity contribution in [2.45, 2.75) is 25.3 Å². The van der Waals surface area contributed by atoms with Gasteiger partial charge in [-0.3, -0.25) is 14.9 Å². The number of benzene rings is 2. The van der Waals surface area contributed by atoms with Gasteiger partial charge in [-0.25, -0.2) is 0 Å². The number of hydrogen-bond donors (Lipinski definition) is 0. The summed E-state index contributed by atoms with van der Waals surface area (Å²) in [5.74, 6) is -0.121. The van der Waals surface area contributed by atoms with Crippen molar-refractivity contribution in [3.63, 3.8) is 0 Å². The lowest BCUT2D eigenvalue weighted by Crippen LogP contribution is -2.61. The van der Waals surface area contributed by atoms with Gasteiger partial charge in [-0.05, 0) is 43.0 Å². The van der Waals surface area contributed by atoms with Gasteiger partial charge in [-0.1, -0.05) is 12.1 Å². The van der Waals surface area contributed by atoms with Crippen LogP contribution in [0, 0.1) is 27.4 Å². The number of fused-ring (bicyclic) bond motifs is 3. The molecule has 3 aliphatic heterocycles. The Morgan fingerprint density at radius 1 is 1.06 bits per heavy atom. The first-order valence-corrected chi connectivity index (χ1v) is 11.1. The van der Waals surface area contributed by atoms with E-state index in [1.165, 1.54) is 0 Å². The molecular weight excluding hydrogens is 406 g/mol. The second-order valence-corrected chi connectivity index (χ2v) is 8.75. The van der Waals surface area contributed by atoms with Crippen molar-refractivity contribution >= 4 is 23.0 Å². The number of nitriles is 1. The first-order valence-electron chi connectivity index (χ1n) is 11.1. The van der Waals surface area contributed by atoms with Crippen LogP contribution >= 0.6 is 0 Å². The topological polar surface area (TPSA) is 93.7 Å². The van der Waals surface area contributed by atoms with Gasteiger partial charge in [0.15, 0.2) is 0 Å². The normalized spacial score (nSPS) is 22.2. The van der Waals surface area contributed by atoms with Crippen LogP contribution in [0.5, 0.6) is 0 Å². The summed E-state index contributed by atoms with van der Waals surface area (Å²) in [5.41, 5.74) is 3.46. The Labute approximate surface area is 186 Å². The zero-order valence-electron chi connectivity index (χ0n) is 17.8. The monoisotopic (exact) mass is 431 g/mol. The molecule has 0 saturated carbocycles. The van der Waals surface area contributed by atoms with Crippen LogP contribution in [0.1, 0.15) is 24.0 Å². The summed E-state index contributed by atoms with van der Waals surface area (Å²) in [6.45, 7) is 3.62. The second kappa shape index (κ2) is 8.15. The van der Waals surface area contributed by atoms with Crippen LogP contribution in [0.25, 0.3) is 0 Å².